The second-order valence-corrected chi connectivity index (χ2v) is 7.16. The Hall–Kier alpha value is 0.270. The van der Waals surface area contributed by atoms with Gasteiger partial charge in [-0.2, -0.15) is 11.8 Å². The van der Waals surface area contributed by atoms with Crippen LogP contribution in [0.25, 0.3) is 0 Å². The molecule has 0 aromatic rings. The smallest absolute Gasteiger partial charge is 0.0295 e. The summed E-state index contributed by atoms with van der Waals surface area (Å²) in [5, 5.41) is 0. The summed E-state index contributed by atoms with van der Waals surface area (Å²) in [6, 6.07) is 1.31. The molecule has 0 radical (unpaired) electrons. The van der Waals surface area contributed by atoms with E-state index in [1.165, 1.54) is 12.2 Å². The van der Waals surface area contributed by atoms with E-state index in [2.05, 4.69) is 52.8 Å². The van der Waals surface area contributed by atoms with Gasteiger partial charge in [-0.1, -0.05) is 27.7 Å². The van der Waals surface area contributed by atoms with Crippen LogP contribution in [0.15, 0.2) is 0 Å². The fourth-order valence-corrected chi connectivity index (χ4v) is 3.12. The van der Waals surface area contributed by atoms with Crippen LogP contribution < -0.4 is 5.73 Å². The van der Waals surface area contributed by atoms with Crippen LogP contribution in [0.5, 0.6) is 0 Å². The highest BCUT2D eigenvalue weighted by Crippen LogP contribution is 2.28. The molecule has 3 unspecified atom stereocenters. The predicted octanol–water partition coefficient (Wildman–Crippen LogP) is 3.21. The van der Waals surface area contributed by atoms with E-state index < -0.39 is 0 Å². The van der Waals surface area contributed by atoms with Gasteiger partial charge in [0.25, 0.3) is 0 Å². The summed E-state index contributed by atoms with van der Waals surface area (Å²) >= 11 is 1.92. The van der Waals surface area contributed by atoms with Gasteiger partial charge >= 0.3 is 0 Å². The van der Waals surface area contributed by atoms with Crippen LogP contribution in [0.2, 0.25) is 0 Å². The van der Waals surface area contributed by atoms with Crippen LogP contribution in [0.1, 0.15) is 47.5 Å². The third-order valence-corrected chi connectivity index (χ3v) is 4.28. The quantitative estimate of drug-likeness (QED) is 0.762. The van der Waals surface area contributed by atoms with E-state index in [1.807, 2.05) is 11.8 Å². The first kappa shape index (κ1) is 17.3. The Labute approximate surface area is 113 Å². The molecule has 0 spiro atoms. The minimum Gasteiger partial charge on any atom is -0.326 e. The lowest BCUT2D eigenvalue weighted by Crippen LogP contribution is -2.55. The van der Waals surface area contributed by atoms with Crippen LogP contribution in [0.3, 0.4) is 0 Å². The van der Waals surface area contributed by atoms with Gasteiger partial charge < -0.3 is 5.73 Å². The van der Waals surface area contributed by atoms with Crippen molar-refractivity contribution < 1.29 is 0 Å². The number of hydrogen-bond acceptors (Lipinski definition) is 3. The van der Waals surface area contributed by atoms with E-state index in [4.69, 9.17) is 5.73 Å². The lowest BCUT2D eigenvalue weighted by Gasteiger charge is -2.44. The van der Waals surface area contributed by atoms with Gasteiger partial charge in [-0.3, -0.25) is 4.90 Å². The third kappa shape index (κ3) is 5.62. The molecule has 0 aliphatic heterocycles. The van der Waals surface area contributed by atoms with E-state index in [-0.39, 0.29) is 11.5 Å². The van der Waals surface area contributed by atoms with Crippen molar-refractivity contribution in [3.63, 3.8) is 0 Å². The summed E-state index contributed by atoms with van der Waals surface area (Å²) in [6.45, 7) is 11.4. The molecule has 0 heterocycles. The van der Waals surface area contributed by atoms with Gasteiger partial charge in [-0.25, -0.2) is 0 Å². The zero-order chi connectivity index (χ0) is 13.6. The van der Waals surface area contributed by atoms with E-state index in [1.54, 1.807) is 0 Å². The normalized spacial score (nSPS) is 18.2. The van der Waals surface area contributed by atoms with Crippen molar-refractivity contribution >= 4 is 11.8 Å². The molecule has 2 N–H and O–H groups in total. The topological polar surface area (TPSA) is 29.3 Å². The zero-order valence-electron chi connectivity index (χ0n) is 12.8. The maximum atomic E-state index is 6.32. The first-order valence-electron chi connectivity index (χ1n) is 6.72. The number of likely N-dealkylation sites (N-methyl/N-ethyl adjacent to an activating group) is 1. The summed E-state index contributed by atoms with van der Waals surface area (Å²) in [7, 11) is 2.23. The van der Waals surface area contributed by atoms with Crippen LogP contribution >= 0.6 is 11.8 Å². The molecule has 3 atom stereocenters. The first-order valence-corrected chi connectivity index (χ1v) is 8.11. The molecule has 0 rings (SSSR count). The Morgan fingerprint density at radius 3 is 2.18 bits per heavy atom. The van der Waals surface area contributed by atoms with E-state index in [9.17, 15) is 0 Å². The largest absolute Gasteiger partial charge is 0.326 e. The molecular weight excluding hydrogens is 228 g/mol. The number of hydrogen-bond donors (Lipinski definition) is 1. The summed E-state index contributed by atoms with van der Waals surface area (Å²) < 4.78 is 0. The standard InChI is InChI=1S/C14H32N2S/c1-8-12(15)13(14(3,4)5)16(6)11(2)9-10-17-7/h11-13H,8-10,15H2,1-7H3. The van der Waals surface area contributed by atoms with E-state index >= 15 is 0 Å². The molecule has 0 amide bonds. The average Bonchev–Trinajstić information content (AvgIpc) is 2.23. The van der Waals surface area contributed by atoms with Crippen molar-refractivity contribution in [2.45, 2.75) is 65.6 Å². The Balaban J connectivity index is 4.69. The highest BCUT2D eigenvalue weighted by atomic mass is 32.2. The van der Waals surface area contributed by atoms with Crippen molar-refractivity contribution in [2.75, 3.05) is 19.1 Å². The fourth-order valence-electron chi connectivity index (χ4n) is 2.54. The van der Waals surface area contributed by atoms with E-state index in [0.717, 1.165) is 6.42 Å². The molecule has 0 fully saturated rings. The van der Waals surface area contributed by atoms with Crippen LogP contribution in [0, 0.1) is 5.41 Å². The monoisotopic (exact) mass is 260 g/mol. The minimum atomic E-state index is 0.234. The number of nitrogens with two attached hydrogens (primary N) is 1. The molecule has 17 heavy (non-hydrogen) atoms. The highest BCUT2D eigenvalue weighted by molar-refractivity contribution is 7.98. The van der Waals surface area contributed by atoms with Gasteiger partial charge in [-0.15, -0.1) is 0 Å². The molecule has 0 aromatic heterocycles. The molecule has 2 nitrogen and oxygen atoms in total. The van der Waals surface area contributed by atoms with Crippen molar-refractivity contribution in [2.24, 2.45) is 11.1 Å². The summed E-state index contributed by atoms with van der Waals surface area (Å²) in [4.78, 5) is 2.49. The molecule has 104 valence electrons. The average molecular weight is 260 g/mol. The van der Waals surface area contributed by atoms with Gasteiger partial charge in [0.1, 0.15) is 0 Å². The maximum Gasteiger partial charge on any atom is 0.0295 e. The Kier molecular flexibility index (Phi) is 7.77. The predicted molar refractivity (Wildman–Crippen MR) is 81.7 cm³/mol. The second kappa shape index (κ2) is 7.65. The molecule has 3 heteroatoms. The Morgan fingerprint density at radius 1 is 1.29 bits per heavy atom. The van der Waals surface area contributed by atoms with Gasteiger partial charge in [-0.05, 0) is 44.2 Å². The van der Waals surface area contributed by atoms with Crippen molar-refractivity contribution in [3.05, 3.63) is 0 Å². The molecule has 0 saturated carbocycles. The number of thioether (sulfide) groups is 1. The summed E-state index contributed by atoms with van der Waals surface area (Å²) in [5.41, 5.74) is 6.56. The molecule has 0 bridgehead atoms. The fraction of sp³-hybridized carbons (Fsp3) is 1.00. The molecule has 0 saturated heterocycles. The second-order valence-electron chi connectivity index (χ2n) is 6.18. The Morgan fingerprint density at radius 2 is 1.82 bits per heavy atom. The minimum absolute atomic E-state index is 0.234. The first-order chi connectivity index (χ1) is 7.75. The van der Waals surface area contributed by atoms with Crippen molar-refractivity contribution in [1.29, 1.82) is 0 Å². The van der Waals surface area contributed by atoms with Crippen LogP contribution in [-0.4, -0.2) is 42.1 Å². The zero-order valence-corrected chi connectivity index (χ0v) is 13.6. The molecule has 0 aliphatic rings. The van der Waals surface area contributed by atoms with Gasteiger partial charge in [0.15, 0.2) is 0 Å². The highest BCUT2D eigenvalue weighted by Gasteiger charge is 2.34. The van der Waals surface area contributed by atoms with Crippen LogP contribution in [-0.2, 0) is 0 Å². The van der Waals surface area contributed by atoms with Gasteiger partial charge in [0.2, 0.25) is 0 Å². The summed E-state index contributed by atoms with van der Waals surface area (Å²) in [5.74, 6) is 1.23. The van der Waals surface area contributed by atoms with Crippen LogP contribution in [0.4, 0.5) is 0 Å². The maximum absolute atomic E-state index is 6.32. The number of nitrogens with zero attached hydrogens (tertiary/aromatic N) is 1. The molecular formula is C14H32N2S. The van der Waals surface area contributed by atoms with Crippen molar-refractivity contribution in [3.8, 4) is 0 Å². The van der Waals surface area contributed by atoms with Gasteiger partial charge in [0, 0.05) is 18.1 Å². The molecule has 0 aliphatic carbocycles. The Bertz CT molecular complexity index is 201. The third-order valence-electron chi connectivity index (χ3n) is 3.64. The van der Waals surface area contributed by atoms with E-state index in [0.29, 0.717) is 12.1 Å². The number of rotatable bonds is 7. The summed E-state index contributed by atoms with van der Waals surface area (Å²) in [6.07, 6.45) is 4.45. The van der Waals surface area contributed by atoms with Crippen molar-refractivity contribution in [1.82, 2.24) is 4.90 Å². The van der Waals surface area contributed by atoms with Gasteiger partial charge in [0.05, 0.1) is 0 Å². The lowest BCUT2D eigenvalue weighted by molar-refractivity contribution is 0.0681. The lowest BCUT2D eigenvalue weighted by atomic mass is 9.80. The SMILES string of the molecule is CCC(N)C(N(C)C(C)CCSC)C(C)(C)C. The molecule has 0 aromatic carbocycles.